The Hall–Kier alpha value is -1.75. The van der Waals surface area contributed by atoms with E-state index in [0.717, 1.165) is 4.47 Å². The number of hydrogen-bond acceptors (Lipinski definition) is 3. The second-order valence-electron chi connectivity index (χ2n) is 3.28. The molecule has 0 aliphatic heterocycles. The minimum atomic E-state index is -1.02. The second kappa shape index (κ2) is 5.05. The first-order valence-corrected chi connectivity index (χ1v) is 5.65. The van der Waals surface area contributed by atoms with Crippen LogP contribution in [0.4, 0.5) is 0 Å². The molecule has 1 aromatic carbocycles. The monoisotopic (exact) mass is 296 g/mol. The van der Waals surface area contributed by atoms with Gasteiger partial charge in [0.15, 0.2) is 5.76 Å². The molecule has 0 radical (unpaired) electrons. The highest BCUT2D eigenvalue weighted by Crippen LogP contribution is 2.25. The van der Waals surface area contributed by atoms with Gasteiger partial charge in [0.05, 0.1) is 10.7 Å². The number of aromatic carboxylic acids is 1. The molecule has 0 amide bonds. The van der Waals surface area contributed by atoms with Crippen LogP contribution >= 0.6 is 15.9 Å². The standard InChI is InChI=1S/C12H9BrO4/c13-9-3-1-2-4-10(9)17-7-11-8(12(14)15)5-6-16-11/h1-6H,7H2,(H,14,15). The van der Waals surface area contributed by atoms with Crippen LogP contribution in [-0.2, 0) is 6.61 Å². The number of furan rings is 1. The third-order valence-corrected chi connectivity index (χ3v) is 2.83. The van der Waals surface area contributed by atoms with Gasteiger partial charge in [-0.25, -0.2) is 4.79 Å². The molecular formula is C12H9BrO4. The molecular weight excluding hydrogens is 288 g/mol. The van der Waals surface area contributed by atoms with Crippen LogP contribution in [0.15, 0.2) is 45.5 Å². The average Bonchev–Trinajstić information content (AvgIpc) is 2.76. The summed E-state index contributed by atoms with van der Waals surface area (Å²) in [6, 6.07) is 8.73. The summed E-state index contributed by atoms with van der Waals surface area (Å²) in [4.78, 5) is 10.8. The molecule has 0 bridgehead atoms. The Morgan fingerprint density at radius 3 is 2.82 bits per heavy atom. The van der Waals surface area contributed by atoms with Crippen molar-refractivity contribution in [2.45, 2.75) is 6.61 Å². The number of ether oxygens (including phenoxy) is 1. The van der Waals surface area contributed by atoms with E-state index in [1.165, 1.54) is 12.3 Å². The number of rotatable bonds is 4. The average molecular weight is 297 g/mol. The van der Waals surface area contributed by atoms with Gasteiger partial charge in [0.25, 0.3) is 0 Å². The summed E-state index contributed by atoms with van der Waals surface area (Å²) in [7, 11) is 0. The first-order chi connectivity index (χ1) is 8.18. The fraction of sp³-hybridized carbons (Fsp3) is 0.0833. The first kappa shape index (κ1) is 11.7. The Bertz CT molecular complexity index is 533. The van der Waals surface area contributed by atoms with Crippen molar-refractivity contribution in [1.29, 1.82) is 0 Å². The molecule has 0 fully saturated rings. The van der Waals surface area contributed by atoms with E-state index in [1.807, 2.05) is 18.2 Å². The van der Waals surface area contributed by atoms with Gasteiger partial charge in [-0.15, -0.1) is 0 Å². The molecule has 0 aliphatic rings. The van der Waals surface area contributed by atoms with Gasteiger partial charge in [0.1, 0.15) is 17.9 Å². The summed E-state index contributed by atoms with van der Waals surface area (Å²) in [5, 5.41) is 8.88. The van der Waals surface area contributed by atoms with Crippen molar-refractivity contribution < 1.29 is 19.1 Å². The molecule has 2 aromatic rings. The highest BCUT2D eigenvalue weighted by molar-refractivity contribution is 9.10. The smallest absolute Gasteiger partial charge is 0.339 e. The number of para-hydroxylation sites is 1. The van der Waals surface area contributed by atoms with Crippen molar-refractivity contribution in [2.75, 3.05) is 0 Å². The topological polar surface area (TPSA) is 59.7 Å². The zero-order valence-electron chi connectivity index (χ0n) is 8.72. The summed E-state index contributed by atoms with van der Waals surface area (Å²) < 4.78 is 11.3. The summed E-state index contributed by atoms with van der Waals surface area (Å²) in [5.74, 6) is -0.0852. The lowest BCUT2D eigenvalue weighted by Crippen LogP contribution is -2.02. The van der Waals surface area contributed by atoms with Crippen LogP contribution < -0.4 is 4.74 Å². The van der Waals surface area contributed by atoms with E-state index >= 15 is 0 Å². The van der Waals surface area contributed by atoms with Crippen molar-refractivity contribution >= 4 is 21.9 Å². The highest BCUT2D eigenvalue weighted by atomic mass is 79.9. The molecule has 0 saturated heterocycles. The minimum absolute atomic E-state index is 0.0806. The van der Waals surface area contributed by atoms with Gasteiger partial charge >= 0.3 is 5.97 Å². The molecule has 1 heterocycles. The fourth-order valence-corrected chi connectivity index (χ4v) is 1.75. The van der Waals surface area contributed by atoms with Crippen molar-refractivity contribution in [3.63, 3.8) is 0 Å². The zero-order chi connectivity index (χ0) is 12.3. The van der Waals surface area contributed by atoms with Crippen LogP contribution in [0.2, 0.25) is 0 Å². The van der Waals surface area contributed by atoms with Gasteiger partial charge in [0.2, 0.25) is 0 Å². The van der Waals surface area contributed by atoms with Gasteiger partial charge in [-0.1, -0.05) is 12.1 Å². The van der Waals surface area contributed by atoms with Crippen molar-refractivity contribution in [3.05, 3.63) is 52.4 Å². The van der Waals surface area contributed by atoms with Gasteiger partial charge in [0, 0.05) is 0 Å². The number of carboxylic acid groups (broad SMARTS) is 1. The van der Waals surface area contributed by atoms with Gasteiger partial charge in [-0.2, -0.15) is 0 Å². The molecule has 0 spiro atoms. The summed E-state index contributed by atoms with van der Waals surface area (Å²) >= 11 is 3.34. The SMILES string of the molecule is O=C(O)c1ccoc1COc1ccccc1Br. The van der Waals surface area contributed by atoms with Crippen molar-refractivity contribution in [2.24, 2.45) is 0 Å². The van der Waals surface area contributed by atoms with Crippen molar-refractivity contribution in [1.82, 2.24) is 0 Å². The fourth-order valence-electron chi connectivity index (χ4n) is 1.35. The molecule has 1 N–H and O–H groups in total. The molecule has 4 nitrogen and oxygen atoms in total. The predicted molar refractivity (Wildman–Crippen MR) is 64.1 cm³/mol. The van der Waals surface area contributed by atoms with Crippen LogP contribution in [0.1, 0.15) is 16.1 Å². The second-order valence-corrected chi connectivity index (χ2v) is 4.14. The summed E-state index contributed by atoms with van der Waals surface area (Å²) in [6.07, 6.45) is 1.34. The minimum Gasteiger partial charge on any atom is -0.484 e. The predicted octanol–water partition coefficient (Wildman–Crippen LogP) is 3.32. The Labute approximate surface area is 106 Å². The number of carboxylic acids is 1. The maximum absolute atomic E-state index is 10.8. The molecule has 88 valence electrons. The molecule has 17 heavy (non-hydrogen) atoms. The Morgan fingerprint density at radius 2 is 2.12 bits per heavy atom. The lowest BCUT2D eigenvalue weighted by molar-refractivity contribution is 0.0692. The van der Waals surface area contributed by atoms with E-state index < -0.39 is 5.97 Å². The molecule has 0 atom stereocenters. The Kier molecular flexibility index (Phi) is 3.49. The van der Waals surface area contributed by atoms with Crippen LogP contribution in [0.5, 0.6) is 5.75 Å². The third-order valence-electron chi connectivity index (χ3n) is 2.17. The van der Waals surface area contributed by atoms with Crippen LogP contribution in [0.25, 0.3) is 0 Å². The van der Waals surface area contributed by atoms with E-state index in [4.69, 9.17) is 14.3 Å². The van der Waals surface area contributed by atoms with E-state index in [1.54, 1.807) is 6.07 Å². The lowest BCUT2D eigenvalue weighted by atomic mass is 10.2. The number of hydrogen-bond donors (Lipinski definition) is 1. The highest BCUT2D eigenvalue weighted by Gasteiger charge is 2.14. The third kappa shape index (κ3) is 2.68. The van der Waals surface area contributed by atoms with Gasteiger partial charge < -0.3 is 14.3 Å². The normalized spacial score (nSPS) is 10.2. The van der Waals surface area contributed by atoms with E-state index in [0.29, 0.717) is 11.5 Å². The first-order valence-electron chi connectivity index (χ1n) is 4.85. The lowest BCUT2D eigenvalue weighted by Gasteiger charge is -2.06. The quantitative estimate of drug-likeness (QED) is 0.940. The molecule has 5 heteroatoms. The Morgan fingerprint density at radius 1 is 1.35 bits per heavy atom. The maximum Gasteiger partial charge on any atom is 0.339 e. The number of halogens is 1. The van der Waals surface area contributed by atoms with Gasteiger partial charge in [-0.05, 0) is 34.1 Å². The molecule has 2 rings (SSSR count). The summed E-state index contributed by atoms with van der Waals surface area (Å²) in [5.41, 5.74) is 0.122. The zero-order valence-corrected chi connectivity index (χ0v) is 10.3. The summed E-state index contributed by atoms with van der Waals surface area (Å²) in [6.45, 7) is 0.0806. The van der Waals surface area contributed by atoms with Crippen LogP contribution in [0, 0.1) is 0 Å². The Balaban J connectivity index is 2.10. The van der Waals surface area contributed by atoms with Crippen molar-refractivity contribution in [3.8, 4) is 5.75 Å². The molecule has 0 unspecified atom stereocenters. The van der Waals surface area contributed by atoms with Gasteiger partial charge in [-0.3, -0.25) is 0 Å². The van der Waals surface area contributed by atoms with E-state index in [9.17, 15) is 4.79 Å². The van der Waals surface area contributed by atoms with Crippen LogP contribution in [-0.4, -0.2) is 11.1 Å². The molecule has 0 aliphatic carbocycles. The molecule has 0 saturated carbocycles. The largest absolute Gasteiger partial charge is 0.484 e. The number of benzene rings is 1. The van der Waals surface area contributed by atoms with E-state index in [-0.39, 0.29) is 12.2 Å². The maximum atomic E-state index is 10.8. The number of carbonyl (C=O) groups is 1. The molecule has 1 aromatic heterocycles. The van der Waals surface area contributed by atoms with E-state index in [2.05, 4.69) is 15.9 Å². The van der Waals surface area contributed by atoms with Crippen LogP contribution in [0.3, 0.4) is 0 Å².